The average molecular weight is 282 g/mol. The van der Waals surface area contributed by atoms with Gasteiger partial charge in [-0.2, -0.15) is 0 Å². The molecule has 0 aromatic heterocycles. The second-order valence-electron chi connectivity index (χ2n) is 5.26. The van der Waals surface area contributed by atoms with Crippen molar-refractivity contribution in [3.05, 3.63) is 30.3 Å². The summed E-state index contributed by atoms with van der Waals surface area (Å²) in [6, 6.07) is 10.1. The molecule has 2 aliphatic rings. The molecule has 4 atom stereocenters. The lowest BCUT2D eigenvalue weighted by atomic mass is 10.1. The van der Waals surface area contributed by atoms with Crippen LogP contribution in [0.25, 0.3) is 0 Å². The van der Waals surface area contributed by atoms with E-state index < -0.39 is 18.2 Å². The standard InChI is InChI=1S/C14H18O4S/c1-14(2)17-12-11(15)10(16-13(12)18-14)8-19-9-6-4-3-5-7-9/h3-7,10-13,15H,8H2,1-2H3. The van der Waals surface area contributed by atoms with Gasteiger partial charge in [-0.25, -0.2) is 0 Å². The Bertz CT molecular complexity index is 436. The molecule has 1 aromatic carbocycles. The largest absolute Gasteiger partial charge is 0.387 e. The zero-order chi connectivity index (χ0) is 13.5. The SMILES string of the molecule is CC1(C)OC2OC(CSc3ccccc3)C(O)C2O1. The maximum Gasteiger partial charge on any atom is 0.190 e. The van der Waals surface area contributed by atoms with Gasteiger partial charge in [-0.05, 0) is 26.0 Å². The number of hydrogen-bond acceptors (Lipinski definition) is 5. The van der Waals surface area contributed by atoms with Gasteiger partial charge in [0.1, 0.15) is 12.2 Å². The van der Waals surface area contributed by atoms with Crippen molar-refractivity contribution >= 4 is 11.8 Å². The molecule has 104 valence electrons. The topological polar surface area (TPSA) is 47.9 Å². The molecule has 2 fully saturated rings. The predicted octanol–water partition coefficient (Wildman–Crippen LogP) is 2.02. The Morgan fingerprint density at radius 3 is 2.63 bits per heavy atom. The zero-order valence-electron chi connectivity index (χ0n) is 11.0. The third-order valence-electron chi connectivity index (χ3n) is 3.27. The maximum absolute atomic E-state index is 10.2. The number of hydrogen-bond donors (Lipinski definition) is 1. The van der Waals surface area contributed by atoms with Crippen LogP contribution < -0.4 is 0 Å². The van der Waals surface area contributed by atoms with Crippen molar-refractivity contribution in [2.75, 3.05) is 5.75 Å². The third kappa shape index (κ3) is 2.80. The fourth-order valence-corrected chi connectivity index (χ4v) is 3.37. The quantitative estimate of drug-likeness (QED) is 0.859. The molecule has 2 heterocycles. The molecule has 0 radical (unpaired) electrons. The van der Waals surface area contributed by atoms with Crippen molar-refractivity contribution in [1.82, 2.24) is 0 Å². The van der Waals surface area contributed by atoms with Gasteiger partial charge in [0.05, 0.1) is 6.10 Å². The normalized spacial score (nSPS) is 36.4. The molecule has 0 amide bonds. The van der Waals surface area contributed by atoms with E-state index in [1.807, 2.05) is 44.2 Å². The highest BCUT2D eigenvalue weighted by molar-refractivity contribution is 7.99. The molecule has 0 bridgehead atoms. The van der Waals surface area contributed by atoms with E-state index in [4.69, 9.17) is 14.2 Å². The summed E-state index contributed by atoms with van der Waals surface area (Å²) in [5, 5.41) is 10.2. The van der Waals surface area contributed by atoms with Crippen molar-refractivity contribution in [3.63, 3.8) is 0 Å². The molecule has 0 saturated carbocycles. The van der Waals surface area contributed by atoms with E-state index in [0.717, 1.165) is 4.90 Å². The summed E-state index contributed by atoms with van der Waals surface area (Å²) in [4.78, 5) is 1.16. The van der Waals surface area contributed by atoms with Gasteiger partial charge < -0.3 is 19.3 Å². The van der Waals surface area contributed by atoms with Crippen LogP contribution in [-0.4, -0.2) is 41.2 Å². The van der Waals surface area contributed by atoms with E-state index in [-0.39, 0.29) is 12.2 Å². The second kappa shape index (κ2) is 5.07. The Morgan fingerprint density at radius 2 is 1.95 bits per heavy atom. The first-order chi connectivity index (χ1) is 9.05. The number of aliphatic hydroxyl groups excluding tert-OH is 1. The smallest absolute Gasteiger partial charge is 0.190 e. The lowest BCUT2D eigenvalue weighted by Gasteiger charge is -2.22. The molecule has 1 N–H and O–H groups in total. The van der Waals surface area contributed by atoms with Crippen LogP contribution in [0.15, 0.2) is 35.2 Å². The number of thioether (sulfide) groups is 1. The number of rotatable bonds is 3. The Kier molecular flexibility index (Phi) is 3.57. The zero-order valence-corrected chi connectivity index (χ0v) is 11.8. The van der Waals surface area contributed by atoms with E-state index >= 15 is 0 Å². The average Bonchev–Trinajstić information content (AvgIpc) is 2.83. The minimum Gasteiger partial charge on any atom is -0.387 e. The van der Waals surface area contributed by atoms with Crippen molar-refractivity contribution < 1.29 is 19.3 Å². The fraction of sp³-hybridized carbons (Fsp3) is 0.571. The van der Waals surface area contributed by atoms with Crippen LogP contribution in [0.5, 0.6) is 0 Å². The first-order valence-electron chi connectivity index (χ1n) is 6.42. The van der Waals surface area contributed by atoms with Crippen LogP contribution >= 0.6 is 11.8 Å². The van der Waals surface area contributed by atoms with E-state index in [1.54, 1.807) is 11.8 Å². The molecule has 2 saturated heterocycles. The summed E-state index contributed by atoms with van der Waals surface area (Å²) in [5.74, 6) is 0.0131. The molecular formula is C14H18O4S. The lowest BCUT2D eigenvalue weighted by molar-refractivity contribution is -0.211. The Hall–Kier alpha value is -0.590. The molecule has 0 spiro atoms. The van der Waals surface area contributed by atoms with Gasteiger partial charge >= 0.3 is 0 Å². The van der Waals surface area contributed by atoms with Crippen LogP contribution in [0.3, 0.4) is 0 Å². The minimum absolute atomic E-state index is 0.253. The van der Waals surface area contributed by atoms with Crippen molar-refractivity contribution in [3.8, 4) is 0 Å². The molecule has 4 unspecified atom stereocenters. The molecule has 0 aliphatic carbocycles. The summed E-state index contributed by atoms with van der Waals surface area (Å²) in [7, 11) is 0. The monoisotopic (exact) mass is 282 g/mol. The number of aliphatic hydroxyl groups is 1. The maximum atomic E-state index is 10.2. The van der Waals surface area contributed by atoms with Crippen LogP contribution in [0.4, 0.5) is 0 Å². The molecule has 19 heavy (non-hydrogen) atoms. The predicted molar refractivity (Wildman–Crippen MR) is 71.9 cm³/mol. The fourth-order valence-electron chi connectivity index (χ4n) is 2.39. The van der Waals surface area contributed by atoms with Gasteiger partial charge in [0.15, 0.2) is 12.1 Å². The summed E-state index contributed by atoms with van der Waals surface area (Å²) in [6.45, 7) is 3.66. The van der Waals surface area contributed by atoms with Gasteiger partial charge in [0, 0.05) is 10.6 Å². The Labute approximate surface area is 117 Å². The summed E-state index contributed by atoms with van der Waals surface area (Å²) in [5.41, 5.74) is 0. The van der Waals surface area contributed by atoms with E-state index in [9.17, 15) is 5.11 Å². The highest BCUT2D eigenvalue weighted by atomic mass is 32.2. The summed E-state index contributed by atoms with van der Waals surface area (Å²) >= 11 is 1.66. The summed E-state index contributed by atoms with van der Waals surface area (Å²) < 4.78 is 17.0. The number of ether oxygens (including phenoxy) is 3. The third-order valence-corrected chi connectivity index (χ3v) is 4.37. The Morgan fingerprint density at radius 1 is 1.21 bits per heavy atom. The molecule has 2 aliphatic heterocycles. The summed E-state index contributed by atoms with van der Waals surface area (Å²) in [6.07, 6.45) is -1.72. The molecule has 4 nitrogen and oxygen atoms in total. The van der Waals surface area contributed by atoms with Crippen LogP contribution in [-0.2, 0) is 14.2 Å². The van der Waals surface area contributed by atoms with Crippen molar-refractivity contribution in [1.29, 1.82) is 0 Å². The second-order valence-corrected chi connectivity index (χ2v) is 6.35. The van der Waals surface area contributed by atoms with E-state index in [2.05, 4.69) is 0 Å². The first kappa shape index (κ1) is 13.4. The number of benzene rings is 1. The van der Waals surface area contributed by atoms with Gasteiger partial charge in [0.25, 0.3) is 0 Å². The van der Waals surface area contributed by atoms with E-state index in [1.165, 1.54) is 0 Å². The molecule has 1 aromatic rings. The first-order valence-corrected chi connectivity index (χ1v) is 7.41. The Balaban J connectivity index is 1.57. The minimum atomic E-state index is -0.673. The molecule has 5 heteroatoms. The van der Waals surface area contributed by atoms with Gasteiger partial charge in [-0.15, -0.1) is 11.8 Å². The van der Waals surface area contributed by atoms with Crippen LogP contribution in [0.1, 0.15) is 13.8 Å². The molecular weight excluding hydrogens is 264 g/mol. The van der Waals surface area contributed by atoms with Crippen molar-refractivity contribution in [2.24, 2.45) is 0 Å². The number of fused-ring (bicyclic) bond motifs is 1. The van der Waals surface area contributed by atoms with E-state index in [0.29, 0.717) is 5.75 Å². The van der Waals surface area contributed by atoms with Gasteiger partial charge in [-0.1, -0.05) is 18.2 Å². The van der Waals surface area contributed by atoms with Crippen LogP contribution in [0, 0.1) is 0 Å². The van der Waals surface area contributed by atoms with Gasteiger partial charge in [-0.3, -0.25) is 0 Å². The highest BCUT2D eigenvalue weighted by Crippen LogP contribution is 2.38. The lowest BCUT2D eigenvalue weighted by Crippen LogP contribution is -2.35. The highest BCUT2D eigenvalue weighted by Gasteiger charge is 2.54. The van der Waals surface area contributed by atoms with Crippen LogP contribution in [0.2, 0.25) is 0 Å². The van der Waals surface area contributed by atoms with Crippen molar-refractivity contribution in [2.45, 2.75) is 49.1 Å². The molecule has 3 rings (SSSR count). The van der Waals surface area contributed by atoms with Gasteiger partial charge in [0.2, 0.25) is 0 Å².